The van der Waals surface area contributed by atoms with Crippen LogP contribution in [0.15, 0.2) is 53.4 Å². The fraction of sp³-hybridized carbons (Fsp3) is 0.381. The molecule has 2 aromatic rings. The van der Waals surface area contributed by atoms with Crippen molar-refractivity contribution in [2.45, 2.75) is 17.7 Å². The van der Waals surface area contributed by atoms with Gasteiger partial charge in [-0.1, -0.05) is 6.07 Å². The average Bonchev–Trinajstić information content (AvgIpc) is 2.78. The van der Waals surface area contributed by atoms with Gasteiger partial charge >= 0.3 is 0 Å². The number of carbonyl (C=O) groups is 1. The molecule has 0 unspecified atom stereocenters. The quantitative estimate of drug-likeness (QED) is 0.721. The van der Waals surface area contributed by atoms with E-state index in [1.165, 1.54) is 11.4 Å². The highest BCUT2D eigenvalue weighted by molar-refractivity contribution is 7.89. The molecule has 0 aromatic heterocycles. The van der Waals surface area contributed by atoms with Crippen LogP contribution in [0.3, 0.4) is 0 Å². The third kappa shape index (κ3) is 4.54. The number of piperidine rings is 1. The minimum Gasteiger partial charge on any atom is -0.497 e. The molecule has 1 heterocycles. The Hall–Kier alpha value is -2.58. The lowest BCUT2D eigenvalue weighted by molar-refractivity contribution is -0.123. The zero-order valence-electron chi connectivity index (χ0n) is 16.9. The van der Waals surface area contributed by atoms with Crippen molar-refractivity contribution in [3.8, 4) is 11.5 Å². The maximum Gasteiger partial charge on any atom is 0.243 e. The summed E-state index contributed by atoms with van der Waals surface area (Å²) < 4.78 is 37.5. The van der Waals surface area contributed by atoms with Gasteiger partial charge in [0.15, 0.2) is 0 Å². The van der Waals surface area contributed by atoms with Gasteiger partial charge in [0.25, 0.3) is 0 Å². The van der Waals surface area contributed by atoms with Gasteiger partial charge in [0.1, 0.15) is 11.5 Å². The van der Waals surface area contributed by atoms with Gasteiger partial charge < -0.3 is 14.4 Å². The van der Waals surface area contributed by atoms with Crippen molar-refractivity contribution in [2.24, 2.45) is 5.92 Å². The van der Waals surface area contributed by atoms with E-state index in [4.69, 9.17) is 9.47 Å². The molecule has 8 heteroatoms. The van der Waals surface area contributed by atoms with Crippen molar-refractivity contribution in [1.82, 2.24) is 4.31 Å². The molecular formula is C21H26N2O5S. The summed E-state index contributed by atoms with van der Waals surface area (Å²) in [6.45, 7) is 0.632. The highest BCUT2D eigenvalue weighted by Gasteiger charge is 2.33. The largest absolute Gasteiger partial charge is 0.497 e. The molecule has 0 bridgehead atoms. The number of sulfonamides is 1. The Morgan fingerprint density at radius 1 is 1.00 bits per heavy atom. The molecule has 0 atom stereocenters. The van der Waals surface area contributed by atoms with Crippen LogP contribution in [-0.4, -0.2) is 53.0 Å². The second-order valence-corrected chi connectivity index (χ2v) is 8.89. The monoisotopic (exact) mass is 418 g/mol. The molecule has 0 radical (unpaired) electrons. The van der Waals surface area contributed by atoms with Crippen molar-refractivity contribution in [3.05, 3.63) is 48.5 Å². The van der Waals surface area contributed by atoms with Crippen LogP contribution in [0.25, 0.3) is 0 Å². The predicted octanol–water partition coefficient (Wildman–Crippen LogP) is 2.77. The molecule has 1 aliphatic rings. The molecule has 0 spiro atoms. The maximum atomic E-state index is 12.9. The normalized spacial score (nSPS) is 15.7. The summed E-state index contributed by atoms with van der Waals surface area (Å²) in [5, 5.41) is 0. The van der Waals surface area contributed by atoms with Crippen molar-refractivity contribution >= 4 is 21.6 Å². The van der Waals surface area contributed by atoms with E-state index in [2.05, 4.69) is 0 Å². The smallest absolute Gasteiger partial charge is 0.243 e. The summed E-state index contributed by atoms with van der Waals surface area (Å²) in [5.74, 6) is 1.06. The lowest BCUT2D eigenvalue weighted by atomic mass is 9.96. The van der Waals surface area contributed by atoms with Gasteiger partial charge in [0, 0.05) is 37.8 Å². The van der Waals surface area contributed by atoms with E-state index < -0.39 is 10.0 Å². The highest BCUT2D eigenvalue weighted by atomic mass is 32.2. The summed E-state index contributed by atoms with van der Waals surface area (Å²) in [4.78, 5) is 14.7. The van der Waals surface area contributed by atoms with E-state index in [9.17, 15) is 13.2 Å². The van der Waals surface area contributed by atoms with Crippen LogP contribution in [0.1, 0.15) is 12.8 Å². The molecule has 0 N–H and O–H groups in total. The van der Waals surface area contributed by atoms with Crippen LogP contribution in [-0.2, 0) is 14.8 Å². The molecule has 2 aromatic carbocycles. The SMILES string of the molecule is COc1ccc(S(=O)(=O)N2CCC(C(=O)N(C)c3cccc(OC)c3)CC2)cc1. The van der Waals surface area contributed by atoms with Gasteiger partial charge in [-0.3, -0.25) is 4.79 Å². The number of ether oxygens (including phenoxy) is 2. The molecule has 1 saturated heterocycles. The second-order valence-electron chi connectivity index (χ2n) is 6.95. The van der Waals surface area contributed by atoms with Crippen LogP contribution < -0.4 is 14.4 Å². The van der Waals surface area contributed by atoms with Crippen LogP contribution in [0.5, 0.6) is 11.5 Å². The fourth-order valence-corrected chi connectivity index (χ4v) is 4.93. The molecule has 156 valence electrons. The number of rotatable bonds is 6. The molecule has 1 aliphatic heterocycles. The Balaban J connectivity index is 1.65. The number of nitrogens with zero attached hydrogens (tertiary/aromatic N) is 2. The Kier molecular flexibility index (Phi) is 6.44. The Morgan fingerprint density at radius 2 is 1.62 bits per heavy atom. The van der Waals surface area contributed by atoms with Crippen LogP contribution in [0, 0.1) is 5.92 Å². The molecule has 0 aliphatic carbocycles. The van der Waals surface area contributed by atoms with Gasteiger partial charge in [0.2, 0.25) is 15.9 Å². The summed E-state index contributed by atoms with van der Waals surface area (Å²) in [7, 11) is 1.27. The standard InChI is InChI=1S/C21H26N2O5S/c1-22(17-5-4-6-19(15-17)28-3)21(24)16-11-13-23(14-12-16)29(25,26)20-9-7-18(27-2)8-10-20/h4-10,15-16H,11-14H2,1-3H3. The van der Waals surface area contributed by atoms with Gasteiger partial charge in [-0.15, -0.1) is 0 Å². The lowest BCUT2D eigenvalue weighted by Gasteiger charge is -2.32. The summed E-state index contributed by atoms with van der Waals surface area (Å²) in [6.07, 6.45) is 0.977. The predicted molar refractivity (Wildman–Crippen MR) is 111 cm³/mol. The summed E-state index contributed by atoms with van der Waals surface area (Å²) in [5.41, 5.74) is 0.752. The molecule has 3 rings (SSSR count). The zero-order chi connectivity index (χ0) is 21.0. The molecule has 1 fully saturated rings. The van der Waals surface area contributed by atoms with Crippen molar-refractivity contribution < 1.29 is 22.7 Å². The van der Waals surface area contributed by atoms with E-state index in [-0.39, 0.29) is 16.7 Å². The van der Waals surface area contributed by atoms with Crippen molar-refractivity contribution in [3.63, 3.8) is 0 Å². The number of carbonyl (C=O) groups excluding carboxylic acids is 1. The van der Waals surface area contributed by atoms with Crippen LogP contribution in [0.2, 0.25) is 0 Å². The first kappa shape index (κ1) is 21.1. The number of amides is 1. The zero-order valence-corrected chi connectivity index (χ0v) is 17.7. The van der Waals surface area contributed by atoms with Gasteiger partial charge in [-0.2, -0.15) is 4.31 Å². The van der Waals surface area contributed by atoms with E-state index in [1.54, 1.807) is 49.4 Å². The Labute approximate surface area is 171 Å². The van der Waals surface area contributed by atoms with Crippen LogP contribution >= 0.6 is 0 Å². The number of benzene rings is 2. The van der Waals surface area contributed by atoms with Gasteiger partial charge in [0.05, 0.1) is 19.1 Å². The van der Waals surface area contributed by atoms with Crippen LogP contribution in [0.4, 0.5) is 5.69 Å². The van der Waals surface area contributed by atoms with E-state index in [0.717, 1.165) is 5.69 Å². The third-order valence-corrected chi connectivity index (χ3v) is 7.18. The Bertz CT molecular complexity index is 951. The number of hydrogen-bond acceptors (Lipinski definition) is 5. The highest BCUT2D eigenvalue weighted by Crippen LogP contribution is 2.28. The van der Waals surface area contributed by atoms with Crippen molar-refractivity contribution in [2.75, 3.05) is 39.3 Å². The molecule has 29 heavy (non-hydrogen) atoms. The molecule has 0 saturated carbocycles. The topological polar surface area (TPSA) is 76.2 Å². The lowest BCUT2D eigenvalue weighted by Crippen LogP contribution is -2.43. The minimum atomic E-state index is -3.58. The number of methoxy groups -OCH3 is 2. The van der Waals surface area contributed by atoms with E-state index in [1.807, 2.05) is 18.2 Å². The van der Waals surface area contributed by atoms with E-state index >= 15 is 0 Å². The first-order valence-electron chi connectivity index (χ1n) is 9.42. The molecular weight excluding hydrogens is 392 g/mol. The molecule has 1 amide bonds. The first-order valence-corrected chi connectivity index (χ1v) is 10.9. The number of anilines is 1. The fourth-order valence-electron chi connectivity index (χ4n) is 3.46. The van der Waals surface area contributed by atoms with Gasteiger partial charge in [-0.25, -0.2) is 8.42 Å². The third-order valence-electron chi connectivity index (χ3n) is 5.27. The number of hydrogen-bond donors (Lipinski definition) is 0. The van der Waals surface area contributed by atoms with Crippen molar-refractivity contribution in [1.29, 1.82) is 0 Å². The minimum absolute atomic E-state index is 0.0141. The maximum absolute atomic E-state index is 12.9. The second kappa shape index (κ2) is 8.84. The van der Waals surface area contributed by atoms with E-state index in [0.29, 0.717) is 37.4 Å². The van der Waals surface area contributed by atoms with Gasteiger partial charge in [-0.05, 0) is 49.2 Å². The summed E-state index contributed by atoms with van der Waals surface area (Å²) >= 11 is 0. The Morgan fingerprint density at radius 3 is 2.21 bits per heavy atom. The summed E-state index contributed by atoms with van der Waals surface area (Å²) in [6, 6.07) is 13.7. The molecule has 7 nitrogen and oxygen atoms in total. The first-order chi connectivity index (χ1) is 13.9. The average molecular weight is 419 g/mol.